The van der Waals surface area contributed by atoms with Crippen molar-refractivity contribution in [2.75, 3.05) is 26.2 Å². The van der Waals surface area contributed by atoms with Crippen LogP contribution in [0, 0.1) is 0 Å². The third-order valence-electron chi connectivity index (χ3n) is 3.92. The maximum atomic E-state index is 12.3. The molecule has 3 N–H and O–H groups in total. The first-order valence-electron chi connectivity index (χ1n) is 8.28. The molecule has 0 aromatic heterocycles. The van der Waals surface area contributed by atoms with Gasteiger partial charge in [-0.15, -0.1) is 0 Å². The number of rotatable bonds is 6. The Morgan fingerprint density at radius 2 is 1.80 bits per heavy atom. The molecule has 1 fully saturated rings. The minimum absolute atomic E-state index is 0.120. The van der Waals surface area contributed by atoms with E-state index in [1.54, 1.807) is 37.3 Å². The molecule has 138 valence electrons. The van der Waals surface area contributed by atoms with Crippen LogP contribution in [0.5, 0.6) is 0 Å². The summed E-state index contributed by atoms with van der Waals surface area (Å²) in [6.45, 7) is 3.52. The molecule has 0 aliphatic carbocycles. The van der Waals surface area contributed by atoms with Crippen LogP contribution in [0.1, 0.15) is 19.8 Å². The van der Waals surface area contributed by atoms with Gasteiger partial charge >= 0.3 is 6.03 Å². The predicted molar refractivity (Wildman–Crippen MR) is 93.4 cm³/mol. The van der Waals surface area contributed by atoms with E-state index < -0.39 is 16.1 Å². The monoisotopic (exact) mass is 368 g/mol. The lowest BCUT2D eigenvalue weighted by Crippen LogP contribution is -2.49. The second-order valence-corrected chi connectivity index (χ2v) is 7.61. The molecule has 1 aromatic rings. The molecule has 9 heteroatoms. The number of carbonyl (C=O) groups excluding carboxylic acids is 2. The molecule has 1 saturated heterocycles. The van der Waals surface area contributed by atoms with Gasteiger partial charge in [-0.25, -0.2) is 17.9 Å². The van der Waals surface area contributed by atoms with Crippen molar-refractivity contribution >= 4 is 22.0 Å². The van der Waals surface area contributed by atoms with E-state index in [9.17, 15) is 18.0 Å². The minimum Gasteiger partial charge on any atom is -0.338 e. The summed E-state index contributed by atoms with van der Waals surface area (Å²) in [6, 6.07) is 7.59. The van der Waals surface area contributed by atoms with E-state index in [0.717, 1.165) is 0 Å². The summed E-state index contributed by atoms with van der Waals surface area (Å²) >= 11 is 0. The highest BCUT2D eigenvalue weighted by molar-refractivity contribution is 7.89. The molecule has 0 atom stereocenters. The topological polar surface area (TPSA) is 108 Å². The SMILES string of the molecule is CCNC(=O)NC(=O)CN1CCC(NS(=O)(=O)c2ccccc2)CC1. The third-order valence-corrected chi connectivity index (χ3v) is 5.46. The lowest BCUT2D eigenvalue weighted by Gasteiger charge is -2.31. The van der Waals surface area contributed by atoms with Crippen molar-refractivity contribution in [2.45, 2.75) is 30.7 Å². The lowest BCUT2D eigenvalue weighted by molar-refractivity contribution is -0.121. The van der Waals surface area contributed by atoms with Gasteiger partial charge in [-0.1, -0.05) is 18.2 Å². The Hall–Kier alpha value is -1.97. The normalized spacial score (nSPS) is 16.4. The maximum absolute atomic E-state index is 12.3. The van der Waals surface area contributed by atoms with Crippen molar-refractivity contribution in [1.82, 2.24) is 20.3 Å². The minimum atomic E-state index is -3.52. The van der Waals surface area contributed by atoms with E-state index in [-0.39, 0.29) is 23.4 Å². The first-order valence-corrected chi connectivity index (χ1v) is 9.76. The number of imide groups is 1. The maximum Gasteiger partial charge on any atom is 0.321 e. The first-order chi connectivity index (χ1) is 11.9. The van der Waals surface area contributed by atoms with E-state index in [2.05, 4.69) is 15.4 Å². The second-order valence-electron chi connectivity index (χ2n) is 5.89. The van der Waals surface area contributed by atoms with Crippen LogP contribution in [-0.2, 0) is 14.8 Å². The second kappa shape index (κ2) is 8.93. The highest BCUT2D eigenvalue weighted by Gasteiger charge is 2.25. The van der Waals surface area contributed by atoms with Crippen molar-refractivity contribution in [3.8, 4) is 0 Å². The molecule has 0 radical (unpaired) electrons. The summed E-state index contributed by atoms with van der Waals surface area (Å²) in [5, 5.41) is 4.75. The Kier molecular flexibility index (Phi) is 6.91. The Labute approximate surface area is 148 Å². The summed E-state index contributed by atoms with van der Waals surface area (Å²) in [7, 11) is -3.52. The molecule has 8 nitrogen and oxygen atoms in total. The smallest absolute Gasteiger partial charge is 0.321 e. The molecule has 1 heterocycles. The Bertz CT molecular complexity index is 685. The van der Waals surface area contributed by atoms with Gasteiger partial charge in [0.15, 0.2) is 0 Å². The Balaban J connectivity index is 1.78. The molecule has 0 spiro atoms. The van der Waals surface area contributed by atoms with Gasteiger partial charge in [-0.05, 0) is 31.9 Å². The van der Waals surface area contributed by atoms with E-state index in [0.29, 0.717) is 32.5 Å². The van der Waals surface area contributed by atoms with Gasteiger partial charge in [-0.2, -0.15) is 0 Å². The number of hydrogen-bond donors (Lipinski definition) is 3. The zero-order chi connectivity index (χ0) is 18.3. The summed E-state index contributed by atoms with van der Waals surface area (Å²) in [4.78, 5) is 25.2. The quantitative estimate of drug-likeness (QED) is 0.668. The summed E-state index contributed by atoms with van der Waals surface area (Å²) in [6.07, 6.45) is 1.22. The van der Waals surface area contributed by atoms with Crippen LogP contribution in [0.15, 0.2) is 35.2 Å². The Morgan fingerprint density at radius 3 is 2.40 bits per heavy atom. The summed E-state index contributed by atoms with van der Waals surface area (Å²) in [5.41, 5.74) is 0. The standard InChI is InChI=1S/C16H24N4O4S/c1-2-17-16(22)18-15(21)12-20-10-8-13(9-11-20)19-25(23,24)14-6-4-3-5-7-14/h3-7,13,19H,2,8-12H2,1H3,(H2,17,18,21,22). The van der Waals surface area contributed by atoms with Crippen molar-refractivity contribution in [3.63, 3.8) is 0 Å². The Morgan fingerprint density at radius 1 is 1.16 bits per heavy atom. The zero-order valence-corrected chi connectivity index (χ0v) is 15.0. The first kappa shape index (κ1) is 19.4. The van der Waals surface area contributed by atoms with Crippen LogP contribution in [0.4, 0.5) is 4.79 Å². The van der Waals surface area contributed by atoms with Crippen LogP contribution in [0.2, 0.25) is 0 Å². The predicted octanol–water partition coefficient (Wildman–Crippen LogP) is 0.275. The zero-order valence-electron chi connectivity index (χ0n) is 14.2. The van der Waals surface area contributed by atoms with Crippen molar-refractivity contribution < 1.29 is 18.0 Å². The molecule has 0 saturated carbocycles. The molecular formula is C16H24N4O4S. The van der Waals surface area contributed by atoms with Crippen LogP contribution < -0.4 is 15.4 Å². The number of amides is 3. The molecule has 0 bridgehead atoms. The van der Waals surface area contributed by atoms with Gasteiger partial charge in [0.05, 0.1) is 11.4 Å². The van der Waals surface area contributed by atoms with Crippen molar-refractivity contribution in [2.24, 2.45) is 0 Å². The number of urea groups is 1. The number of nitrogens with zero attached hydrogens (tertiary/aromatic N) is 1. The average molecular weight is 368 g/mol. The number of hydrogen-bond acceptors (Lipinski definition) is 5. The number of sulfonamides is 1. The molecule has 1 aromatic carbocycles. The molecule has 1 aliphatic heterocycles. The number of nitrogens with one attached hydrogen (secondary N) is 3. The molecule has 1 aliphatic rings. The van der Waals surface area contributed by atoms with Crippen molar-refractivity contribution in [1.29, 1.82) is 0 Å². The van der Waals surface area contributed by atoms with Gasteiger partial charge in [0.1, 0.15) is 0 Å². The lowest BCUT2D eigenvalue weighted by atomic mass is 10.1. The van der Waals surface area contributed by atoms with Gasteiger partial charge < -0.3 is 5.32 Å². The summed E-state index contributed by atoms with van der Waals surface area (Å²) < 4.78 is 27.3. The molecule has 25 heavy (non-hydrogen) atoms. The van der Waals surface area contributed by atoms with Crippen LogP contribution >= 0.6 is 0 Å². The van der Waals surface area contributed by atoms with Crippen LogP contribution in [0.3, 0.4) is 0 Å². The average Bonchev–Trinajstić information content (AvgIpc) is 2.57. The van der Waals surface area contributed by atoms with Gasteiger partial charge in [-0.3, -0.25) is 15.0 Å². The highest BCUT2D eigenvalue weighted by atomic mass is 32.2. The highest BCUT2D eigenvalue weighted by Crippen LogP contribution is 2.14. The van der Waals surface area contributed by atoms with Gasteiger partial charge in [0.25, 0.3) is 0 Å². The number of piperidine rings is 1. The fourth-order valence-electron chi connectivity index (χ4n) is 2.67. The van der Waals surface area contributed by atoms with E-state index in [1.807, 2.05) is 4.90 Å². The number of carbonyl (C=O) groups is 2. The van der Waals surface area contributed by atoms with E-state index in [4.69, 9.17) is 0 Å². The molecule has 2 rings (SSSR count). The third kappa shape index (κ3) is 6.11. The van der Waals surface area contributed by atoms with Crippen LogP contribution in [-0.4, -0.2) is 57.5 Å². The fourth-order valence-corrected chi connectivity index (χ4v) is 4.00. The molecule has 3 amide bonds. The van der Waals surface area contributed by atoms with Gasteiger partial charge in [0, 0.05) is 25.7 Å². The summed E-state index contributed by atoms with van der Waals surface area (Å²) in [5.74, 6) is -0.366. The fraction of sp³-hybridized carbons (Fsp3) is 0.500. The van der Waals surface area contributed by atoms with Crippen LogP contribution in [0.25, 0.3) is 0 Å². The van der Waals surface area contributed by atoms with Crippen molar-refractivity contribution in [3.05, 3.63) is 30.3 Å². The van der Waals surface area contributed by atoms with E-state index >= 15 is 0 Å². The van der Waals surface area contributed by atoms with Gasteiger partial charge in [0.2, 0.25) is 15.9 Å². The number of likely N-dealkylation sites (tertiary alicyclic amines) is 1. The van der Waals surface area contributed by atoms with E-state index in [1.165, 1.54) is 0 Å². The number of benzene rings is 1. The largest absolute Gasteiger partial charge is 0.338 e. The molecular weight excluding hydrogens is 344 g/mol. The molecule has 0 unspecified atom stereocenters.